The molecule has 0 spiro atoms. The van der Waals surface area contributed by atoms with Gasteiger partial charge in [-0.05, 0) is 18.1 Å². The summed E-state index contributed by atoms with van der Waals surface area (Å²) in [5.41, 5.74) is 2.71. The minimum absolute atomic E-state index is 0.0956. The van der Waals surface area contributed by atoms with E-state index in [1.165, 1.54) is 0 Å². The third-order valence-electron chi connectivity index (χ3n) is 3.05. The Kier molecular flexibility index (Phi) is 4.23. The summed E-state index contributed by atoms with van der Waals surface area (Å²) in [4.78, 5) is 8.90. The molecule has 96 valence electrons. The molecule has 0 bridgehead atoms. The van der Waals surface area contributed by atoms with Gasteiger partial charge in [-0.2, -0.15) is 0 Å². The van der Waals surface area contributed by atoms with Gasteiger partial charge in [0.15, 0.2) is 0 Å². The summed E-state index contributed by atoms with van der Waals surface area (Å²) in [5.74, 6) is 0.392. The van der Waals surface area contributed by atoms with Crippen LogP contribution in [0.4, 0.5) is 0 Å². The molecule has 1 unspecified atom stereocenters. The Morgan fingerprint density at radius 2 is 1.94 bits per heavy atom. The van der Waals surface area contributed by atoms with Crippen molar-refractivity contribution >= 4 is 11.0 Å². The number of aliphatic hydroxyl groups is 1. The molecule has 1 aromatic heterocycles. The Bertz CT molecular complexity index is 513. The van der Waals surface area contributed by atoms with Crippen molar-refractivity contribution in [2.24, 2.45) is 5.92 Å². The Hall–Kier alpha value is -1.52. The highest BCUT2D eigenvalue weighted by Gasteiger charge is 2.11. The van der Waals surface area contributed by atoms with E-state index in [1.54, 1.807) is 6.20 Å². The van der Waals surface area contributed by atoms with Gasteiger partial charge in [0, 0.05) is 12.6 Å². The summed E-state index contributed by atoms with van der Waals surface area (Å²) in [6.45, 7) is 4.93. The Morgan fingerprint density at radius 3 is 2.61 bits per heavy atom. The standard InChI is InChI=1S/C14H19N3O/c1-10(2)14(9-18)16-8-11-7-15-12-5-3-4-6-13(12)17-11/h3-7,10,14,16,18H,8-9H2,1-2H3. The summed E-state index contributed by atoms with van der Waals surface area (Å²) < 4.78 is 0. The monoisotopic (exact) mass is 245 g/mol. The Balaban J connectivity index is 2.07. The molecule has 1 heterocycles. The van der Waals surface area contributed by atoms with Gasteiger partial charge in [0.05, 0.1) is 29.5 Å². The zero-order valence-corrected chi connectivity index (χ0v) is 10.8. The lowest BCUT2D eigenvalue weighted by Crippen LogP contribution is -2.36. The van der Waals surface area contributed by atoms with E-state index >= 15 is 0 Å². The smallest absolute Gasteiger partial charge is 0.0890 e. The molecule has 1 atom stereocenters. The highest BCUT2D eigenvalue weighted by atomic mass is 16.3. The quantitative estimate of drug-likeness (QED) is 0.842. The van der Waals surface area contributed by atoms with Crippen LogP contribution in [0.3, 0.4) is 0 Å². The molecule has 0 fully saturated rings. The van der Waals surface area contributed by atoms with Crippen molar-refractivity contribution in [2.45, 2.75) is 26.4 Å². The fourth-order valence-corrected chi connectivity index (χ4v) is 1.83. The van der Waals surface area contributed by atoms with E-state index in [2.05, 4.69) is 29.1 Å². The van der Waals surface area contributed by atoms with Crippen molar-refractivity contribution in [3.63, 3.8) is 0 Å². The van der Waals surface area contributed by atoms with Gasteiger partial charge in [0.25, 0.3) is 0 Å². The van der Waals surface area contributed by atoms with Crippen LogP contribution >= 0.6 is 0 Å². The van der Waals surface area contributed by atoms with Gasteiger partial charge in [-0.1, -0.05) is 26.0 Å². The van der Waals surface area contributed by atoms with Crippen LogP contribution in [0.25, 0.3) is 11.0 Å². The highest BCUT2D eigenvalue weighted by molar-refractivity contribution is 5.73. The van der Waals surface area contributed by atoms with Crippen LogP contribution in [0.2, 0.25) is 0 Å². The number of aliphatic hydroxyl groups excluding tert-OH is 1. The zero-order chi connectivity index (χ0) is 13.0. The van der Waals surface area contributed by atoms with Crippen LogP contribution < -0.4 is 5.32 Å². The van der Waals surface area contributed by atoms with Gasteiger partial charge in [-0.15, -0.1) is 0 Å². The van der Waals surface area contributed by atoms with Crippen molar-refractivity contribution in [1.29, 1.82) is 0 Å². The molecule has 0 saturated heterocycles. The minimum Gasteiger partial charge on any atom is -0.395 e. The molecule has 0 amide bonds. The normalized spacial score (nSPS) is 13.1. The molecule has 0 aliphatic rings. The van der Waals surface area contributed by atoms with Crippen molar-refractivity contribution in [3.05, 3.63) is 36.2 Å². The van der Waals surface area contributed by atoms with Crippen LogP contribution in [0.1, 0.15) is 19.5 Å². The van der Waals surface area contributed by atoms with Gasteiger partial charge in [0.1, 0.15) is 0 Å². The number of benzene rings is 1. The number of nitrogens with one attached hydrogen (secondary N) is 1. The lowest BCUT2D eigenvalue weighted by atomic mass is 10.1. The molecule has 2 rings (SSSR count). The molecule has 4 heteroatoms. The van der Waals surface area contributed by atoms with Gasteiger partial charge >= 0.3 is 0 Å². The summed E-state index contributed by atoms with van der Waals surface area (Å²) in [6.07, 6.45) is 1.78. The number of para-hydroxylation sites is 2. The second-order valence-electron chi connectivity index (χ2n) is 4.76. The van der Waals surface area contributed by atoms with E-state index < -0.39 is 0 Å². The van der Waals surface area contributed by atoms with Crippen molar-refractivity contribution in [1.82, 2.24) is 15.3 Å². The van der Waals surface area contributed by atoms with Crippen LogP contribution in [-0.2, 0) is 6.54 Å². The lowest BCUT2D eigenvalue weighted by Gasteiger charge is -2.19. The average molecular weight is 245 g/mol. The van der Waals surface area contributed by atoms with E-state index in [0.29, 0.717) is 12.5 Å². The molecule has 0 aliphatic heterocycles. The largest absolute Gasteiger partial charge is 0.395 e. The van der Waals surface area contributed by atoms with Gasteiger partial charge < -0.3 is 10.4 Å². The van der Waals surface area contributed by atoms with Crippen LogP contribution in [0, 0.1) is 5.92 Å². The maximum atomic E-state index is 9.25. The summed E-state index contributed by atoms with van der Waals surface area (Å²) in [7, 11) is 0. The first-order valence-corrected chi connectivity index (χ1v) is 6.25. The predicted octanol–water partition coefficient (Wildman–Crippen LogP) is 1.74. The van der Waals surface area contributed by atoms with Gasteiger partial charge in [-0.25, -0.2) is 4.98 Å². The van der Waals surface area contributed by atoms with Crippen molar-refractivity contribution in [3.8, 4) is 0 Å². The van der Waals surface area contributed by atoms with Crippen molar-refractivity contribution in [2.75, 3.05) is 6.61 Å². The molecular formula is C14H19N3O. The average Bonchev–Trinajstić information content (AvgIpc) is 2.39. The number of aromatic nitrogens is 2. The third-order valence-corrected chi connectivity index (χ3v) is 3.05. The zero-order valence-electron chi connectivity index (χ0n) is 10.8. The van der Waals surface area contributed by atoms with Crippen LogP contribution in [0.15, 0.2) is 30.5 Å². The maximum absolute atomic E-state index is 9.25. The maximum Gasteiger partial charge on any atom is 0.0890 e. The molecule has 0 radical (unpaired) electrons. The molecule has 4 nitrogen and oxygen atoms in total. The Labute approximate surface area is 107 Å². The van der Waals surface area contributed by atoms with E-state index in [-0.39, 0.29) is 12.6 Å². The fraction of sp³-hybridized carbons (Fsp3) is 0.429. The minimum atomic E-state index is 0.0956. The summed E-state index contributed by atoms with van der Waals surface area (Å²) in [6, 6.07) is 7.91. The van der Waals surface area contributed by atoms with Crippen molar-refractivity contribution < 1.29 is 5.11 Å². The second-order valence-corrected chi connectivity index (χ2v) is 4.76. The second kappa shape index (κ2) is 5.89. The Morgan fingerprint density at radius 1 is 1.22 bits per heavy atom. The predicted molar refractivity (Wildman–Crippen MR) is 72.1 cm³/mol. The molecule has 2 aromatic rings. The van der Waals surface area contributed by atoms with Crippen LogP contribution in [0.5, 0.6) is 0 Å². The summed E-state index contributed by atoms with van der Waals surface area (Å²) in [5, 5.41) is 12.5. The number of hydrogen-bond acceptors (Lipinski definition) is 4. The molecule has 18 heavy (non-hydrogen) atoms. The topological polar surface area (TPSA) is 58.0 Å². The number of hydrogen-bond donors (Lipinski definition) is 2. The first-order chi connectivity index (χ1) is 8.70. The van der Waals surface area contributed by atoms with E-state index in [1.807, 2.05) is 24.3 Å². The number of nitrogens with zero attached hydrogens (tertiary/aromatic N) is 2. The first kappa shape index (κ1) is 12.9. The van der Waals surface area contributed by atoms with E-state index in [9.17, 15) is 5.11 Å². The molecular weight excluding hydrogens is 226 g/mol. The van der Waals surface area contributed by atoms with E-state index in [4.69, 9.17) is 0 Å². The van der Waals surface area contributed by atoms with Gasteiger partial charge in [-0.3, -0.25) is 4.98 Å². The number of rotatable bonds is 5. The van der Waals surface area contributed by atoms with Gasteiger partial charge in [0.2, 0.25) is 0 Å². The molecule has 1 aromatic carbocycles. The third kappa shape index (κ3) is 3.03. The number of fused-ring (bicyclic) bond motifs is 1. The molecule has 0 aliphatic carbocycles. The highest BCUT2D eigenvalue weighted by Crippen LogP contribution is 2.09. The fourth-order valence-electron chi connectivity index (χ4n) is 1.83. The van der Waals surface area contributed by atoms with E-state index in [0.717, 1.165) is 16.7 Å². The lowest BCUT2D eigenvalue weighted by molar-refractivity contribution is 0.209. The summed E-state index contributed by atoms with van der Waals surface area (Å²) >= 11 is 0. The van der Waals surface area contributed by atoms with Crippen LogP contribution in [-0.4, -0.2) is 27.7 Å². The molecule has 0 saturated carbocycles. The SMILES string of the molecule is CC(C)C(CO)NCc1cnc2ccccc2n1. The first-order valence-electron chi connectivity index (χ1n) is 6.25. The molecule has 2 N–H and O–H groups in total.